The lowest BCUT2D eigenvalue weighted by Crippen LogP contribution is -2.23. The van der Waals surface area contributed by atoms with Crippen LogP contribution in [-0.4, -0.2) is 10.8 Å². The lowest BCUT2D eigenvalue weighted by atomic mass is 10.1. The summed E-state index contributed by atoms with van der Waals surface area (Å²) in [7, 11) is 0. The van der Waals surface area contributed by atoms with Gasteiger partial charge in [-0.2, -0.15) is 0 Å². The molecule has 3 rings (SSSR count). The average molecular weight is 292 g/mol. The summed E-state index contributed by atoms with van der Waals surface area (Å²) in [5.41, 5.74) is 2.59. The second-order valence-corrected chi connectivity index (χ2v) is 5.41. The maximum Gasteiger partial charge on any atom is 0.256 e. The van der Waals surface area contributed by atoms with Crippen LogP contribution < -0.4 is 0 Å². The van der Waals surface area contributed by atoms with E-state index in [1.807, 2.05) is 36.4 Å². The molecule has 1 amide bonds. The van der Waals surface area contributed by atoms with Crippen molar-refractivity contribution in [1.29, 1.82) is 0 Å². The van der Waals surface area contributed by atoms with E-state index in [0.29, 0.717) is 28.7 Å². The number of hydrogen-bond acceptors (Lipinski definition) is 1. The van der Waals surface area contributed by atoms with Gasteiger partial charge in [0.1, 0.15) is 0 Å². The molecule has 0 aromatic heterocycles. The Morgan fingerprint density at radius 2 is 1.84 bits per heavy atom. The molecule has 2 nitrogen and oxygen atoms in total. The minimum Gasteiger partial charge on any atom is -0.330 e. The van der Waals surface area contributed by atoms with Crippen LogP contribution in [0.25, 0.3) is 0 Å². The highest BCUT2D eigenvalue weighted by atomic mass is 35.5. The highest BCUT2D eigenvalue weighted by Gasteiger charge is 2.29. The Bertz CT molecular complexity index is 640. The molecule has 0 spiro atoms. The van der Waals surface area contributed by atoms with Crippen LogP contribution >= 0.6 is 23.2 Å². The van der Waals surface area contributed by atoms with Gasteiger partial charge < -0.3 is 4.90 Å². The molecule has 1 aliphatic heterocycles. The number of rotatable bonds is 2. The van der Waals surface area contributed by atoms with Gasteiger partial charge in [-0.25, -0.2) is 0 Å². The van der Waals surface area contributed by atoms with E-state index in [-0.39, 0.29) is 5.91 Å². The van der Waals surface area contributed by atoms with Gasteiger partial charge in [-0.05, 0) is 23.3 Å². The number of hydrogen-bond donors (Lipinski definition) is 0. The Balaban J connectivity index is 1.89. The van der Waals surface area contributed by atoms with Crippen molar-refractivity contribution >= 4 is 29.1 Å². The van der Waals surface area contributed by atoms with Gasteiger partial charge in [0.15, 0.2) is 0 Å². The van der Waals surface area contributed by atoms with Gasteiger partial charge >= 0.3 is 0 Å². The summed E-state index contributed by atoms with van der Waals surface area (Å²) in [6.07, 6.45) is 0. The molecule has 0 radical (unpaired) electrons. The molecular weight excluding hydrogens is 281 g/mol. The molecule has 4 heteroatoms. The average Bonchev–Trinajstić information content (AvgIpc) is 2.67. The van der Waals surface area contributed by atoms with Crippen molar-refractivity contribution in [3.8, 4) is 0 Å². The van der Waals surface area contributed by atoms with E-state index in [0.717, 1.165) is 11.1 Å². The summed E-state index contributed by atoms with van der Waals surface area (Å²) in [5, 5.41) is 1.00. The van der Waals surface area contributed by atoms with Gasteiger partial charge in [-0.3, -0.25) is 4.79 Å². The number of halogens is 2. The SMILES string of the molecule is O=C1c2c(Cl)cc(Cl)cc2CN1Cc1ccccc1. The Kier molecular flexibility index (Phi) is 3.21. The van der Waals surface area contributed by atoms with Crippen LogP contribution in [0.5, 0.6) is 0 Å². The van der Waals surface area contributed by atoms with Gasteiger partial charge in [-0.1, -0.05) is 53.5 Å². The van der Waals surface area contributed by atoms with Crippen molar-refractivity contribution < 1.29 is 4.79 Å². The number of benzene rings is 2. The molecule has 1 aliphatic rings. The fraction of sp³-hybridized carbons (Fsp3) is 0.133. The molecule has 96 valence electrons. The van der Waals surface area contributed by atoms with Crippen molar-refractivity contribution in [2.75, 3.05) is 0 Å². The first-order valence-electron chi connectivity index (χ1n) is 5.96. The molecule has 0 bridgehead atoms. The van der Waals surface area contributed by atoms with Gasteiger partial charge in [0.05, 0.1) is 10.6 Å². The van der Waals surface area contributed by atoms with E-state index in [4.69, 9.17) is 23.2 Å². The summed E-state index contributed by atoms with van der Waals surface area (Å²) in [6, 6.07) is 13.3. The quantitative estimate of drug-likeness (QED) is 0.814. The maximum absolute atomic E-state index is 12.3. The second-order valence-electron chi connectivity index (χ2n) is 4.57. The number of amides is 1. The summed E-state index contributed by atoms with van der Waals surface area (Å²) in [5.74, 6) is -0.0273. The third-order valence-corrected chi connectivity index (χ3v) is 3.73. The molecular formula is C15H11Cl2NO. The van der Waals surface area contributed by atoms with Crippen LogP contribution in [-0.2, 0) is 13.1 Å². The standard InChI is InChI=1S/C15H11Cl2NO/c16-12-6-11-9-18(8-10-4-2-1-3-5-10)15(19)14(11)13(17)7-12/h1-7H,8-9H2. The summed E-state index contributed by atoms with van der Waals surface area (Å²) >= 11 is 12.1. The van der Waals surface area contributed by atoms with E-state index in [9.17, 15) is 4.79 Å². The van der Waals surface area contributed by atoms with Crippen LogP contribution in [0.2, 0.25) is 10.0 Å². The fourth-order valence-electron chi connectivity index (χ4n) is 2.36. The number of carbonyl (C=O) groups is 1. The Morgan fingerprint density at radius 3 is 2.58 bits per heavy atom. The minimum absolute atomic E-state index is 0.0273. The molecule has 0 saturated carbocycles. The van der Waals surface area contributed by atoms with E-state index in [2.05, 4.69) is 0 Å². The van der Waals surface area contributed by atoms with Crippen molar-refractivity contribution in [3.63, 3.8) is 0 Å². The summed E-state index contributed by atoms with van der Waals surface area (Å²) in [4.78, 5) is 14.1. The molecule has 2 aromatic carbocycles. The van der Waals surface area contributed by atoms with Crippen LogP contribution in [0, 0.1) is 0 Å². The molecule has 1 heterocycles. The third kappa shape index (κ3) is 2.34. The van der Waals surface area contributed by atoms with Crippen LogP contribution in [0.3, 0.4) is 0 Å². The van der Waals surface area contributed by atoms with Crippen LogP contribution in [0.15, 0.2) is 42.5 Å². The third-order valence-electron chi connectivity index (χ3n) is 3.22. The van der Waals surface area contributed by atoms with E-state index in [1.165, 1.54) is 0 Å². The Morgan fingerprint density at radius 1 is 1.11 bits per heavy atom. The zero-order chi connectivity index (χ0) is 13.4. The first-order valence-corrected chi connectivity index (χ1v) is 6.72. The van der Waals surface area contributed by atoms with Gasteiger partial charge in [0.25, 0.3) is 5.91 Å². The maximum atomic E-state index is 12.3. The zero-order valence-corrected chi connectivity index (χ0v) is 11.6. The topological polar surface area (TPSA) is 20.3 Å². The van der Waals surface area contributed by atoms with Gasteiger partial charge in [-0.15, -0.1) is 0 Å². The molecule has 0 unspecified atom stereocenters. The second kappa shape index (κ2) is 4.87. The monoisotopic (exact) mass is 291 g/mol. The van der Waals surface area contributed by atoms with E-state index < -0.39 is 0 Å². The zero-order valence-electron chi connectivity index (χ0n) is 10.1. The van der Waals surface area contributed by atoms with Crippen molar-refractivity contribution in [2.45, 2.75) is 13.1 Å². The highest BCUT2D eigenvalue weighted by Crippen LogP contribution is 2.32. The predicted molar refractivity (Wildman–Crippen MR) is 76.5 cm³/mol. The predicted octanol–water partition coefficient (Wildman–Crippen LogP) is 4.15. The highest BCUT2D eigenvalue weighted by molar-refractivity contribution is 6.37. The van der Waals surface area contributed by atoms with Crippen LogP contribution in [0.1, 0.15) is 21.5 Å². The van der Waals surface area contributed by atoms with Gasteiger partial charge in [0, 0.05) is 18.1 Å². The molecule has 0 fully saturated rings. The first kappa shape index (κ1) is 12.5. The van der Waals surface area contributed by atoms with Crippen molar-refractivity contribution in [2.24, 2.45) is 0 Å². The summed E-state index contributed by atoms with van der Waals surface area (Å²) in [6.45, 7) is 1.14. The Labute approximate surface area is 121 Å². The fourth-order valence-corrected chi connectivity index (χ4v) is 2.97. The number of nitrogens with zero attached hydrogens (tertiary/aromatic N) is 1. The summed E-state index contributed by atoms with van der Waals surface area (Å²) < 4.78 is 0. The molecule has 0 aliphatic carbocycles. The van der Waals surface area contributed by atoms with Crippen LogP contribution in [0.4, 0.5) is 0 Å². The molecule has 0 saturated heterocycles. The lowest BCUT2D eigenvalue weighted by Gasteiger charge is -2.15. The van der Waals surface area contributed by atoms with Gasteiger partial charge in [0.2, 0.25) is 0 Å². The normalized spacial score (nSPS) is 13.8. The van der Waals surface area contributed by atoms with Crippen molar-refractivity contribution in [1.82, 2.24) is 4.90 Å². The minimum atomic E-state index is -0.0273. The van der Waals surface area contributed by atoms with E-state index in [1.54, 1.807) is 11.0 Å². The molecule has 0 N–H and O–H groups in total. The smallest absolute Gasteiger partial charge is 0.256 e. The lowest BCUT2D eigenvalue weighted by molar-refractivity contribution is 0.0767. The molecule has 2 aromatic rings. The molecule has 0 atom stereocenters. The first-order chi connectivity index (χ1) is 9.15. The number of fused-ring (bicyclic) bond motifs is 1. The van der Waals surface area contributed by atoms with Crippen molar-refractivity contribution in [3.05, 3.63) is 69.2 Å². The molecule has 19 heavy (non-hydrogen) atoms. The number of carbonyl (C=O) groups excluding carboxylic acids is 1. The largest absolute Gasteiger partial charge is 0.330 e. The Hall–Kier alpha value is -1.51. The van der Waals surface area contributed by atoms with E-state index >= 15 is 0 Å².